The van der Waals surface area contributed by atoms with E-state index < -0.39 is 22.4 Å². The third kappa shape index (κ3) is 3.98. The van der Waals surface area contributed by atoms with Crippen LogP contribution in [-0.4, -0.2) is 41.4 Å². The average molecular weight is 474 g/mol. The van der Waals surface area contributed by atoms with Gasteiger partial charge in [-0.05, 0) is 0 Å². The van der Waals surface area contributed by atoms with Crippen LogP contribution in [0.2, 0.25) is 5.02 Å². The van der Waals surface area contributed by atoms with E-state index in [1.54, 1.807) is 12.1 Å². The summed E-state index contributed by atoms with van der Waals surface area (Å²) in [5.41, 5.74) is 1.10. The Bertz CT molecular complexity index is 542. The van der Waals surface area contributed by atoms with Crippen LogP contribution < -0.4 is 6.54 Å². The van der Waals surface area contributed by atoms with Crippen molar-refractivity contribution in [1.29, 1.82) is 0 Å². The SMILES string of the molecule is CN(C)Cc1cccc[c]1[Bi]([F])[c]1ccc(Cl)cc1. The van der Waals surface area contributed by atoms with Crippen molar-refractivity contribution in [2.45, 2.75) is 6.54 Å². The summed E-state index contributed by atoms with van der Waals surface area (Å²) in [5.74, 6) is 0. The summed E-state index contributed by atoms with van der Waals surface area (Å²) in [5, 5.41) is 0.655. The van der Waals surface area contributed by atoms with Gasteiger partial charge in [0, 0.05) is 0 Å². The van der Waals surface area contributed by atoms with E-state index in [4.69, 9.17) is 11.6 Å². The van der Waals surface area contributed by atoms with E-state index >= 15 is 0 Å². The van der Waals surface area contributed by atoms with Gasteiger partial charge in [-0.15, -0.1) is 0 Å². The van der Waals surface area contributed by atoms with Crippen molar-refractivity contribution in [3.05, 3.63) is 59.1 Å². The summed E-state index contributed by atoms with van der Waals surface area (Å²) in [4.78, 5) is 2.07. The van der Waals surface area contributed by atoms with Gasteiger partial charge in [-0.25, -0.2) is 0 Å². The topological polar surface area (TPSA) is 3.24 Å². The van der Waals surface area contributed by atoms with Gasteiger partial charge in [0.05, 0.1) is 0 Å². The van der Waals surface area contributed by atoms with Crippen molar-refractivity contribution in [2.24, 2.45) is 0 Å². The molecule has 0 fully saturated rings. The number of hydrogen-bond acceptors (Lipinski definition) is 1. The van der Waals surface area contributed by atoms with Crippen LogP contribution in [0.5, 0.6) is 0 Å². The number of halogens is 2. The molecule has 0 unspecified atom stereocenters. The molecule has 19 heavy (non-hydrogen) atoms. The summed E-state index contributed by atoms with van der Waals surface area (Å²) in [6.07, 6.45) is 0. The third-order valence-corrected chi connectivity index (χ3v) is 9.26. The fourth-order valence-corrected chi connectivity index (χ4v) is 7.08. The van der Waals surface area contributed by atoms with Crippen molar-refractivity contribution < 1.29 is 2.63 Å². The van der Waals surface area contributed by atoms with Gasteiger partial charge in [-0.1, -0.05) is 0 Å². The van der Waals surface area contributed by atoms with E-state index in [0.717, 1.165) is 18.7 Å². The molecule has 0 aromatic heterocycles. The Hall–Kier alpha value is -0.497. The zero-order valence-electron chi connectivity index (χ0n) is 11.0. The predicted molar refractivity (Wildman–Crippen MR) is 81.4 cm³/mol. The van der Waals surface area contributed by atoms with Crippen molar-refractivity contribution in [2.75, 3.05) is 14.1 Å². The van der Waals surface area contributed by atoms with Gasteiger partial charge >= 0.3 is 128 Å². The second kappa shape index (κ2) is 6.79. The van der Waals surface area contributed by atoms with Gasteiger partial charge < -0.3 is 0 Å². The molecule has 2 aromatic carbocycles. The molecule has 0 N–H and O–H groups in total. The normalized spacial score (nSPS) is 11.3. The van der Waals surface area contributed by atoms with E-state index in [1.807, 2.05) is 50.5 Å². The van der Waals surface area contributed by atoms with Gasteiger partial charge in [0.15, 0.2) is 0 Å². The Morgan fingerprint density at radius 2 is 1.68 bits per heavy atom. The first-order chi connectivity index (χ1) is 9.08. The van der Waals surface area contributed by atoms with Crippen LogP contribution in [0.3, 0.4) is 0 Å². The Labute approximate surface area is 127 Å². The predicted octanol–water partition coefficient (Wildman–Crippen LogP) is 2.48. The van der Waals surface area contributed by atoms with Crippen LogP contribution in [0.4, 0.5) is 2.63 Å². The molecule has 2 rings (SSSR count). The zero-order chi connectivity index (χ0) is 13.8. The molecule has 0 amide bonds. The molecule has 0 bridgehead atoms. The van der Waals surface area contributed by atoms with Crippen LogP contribution in [0, 0.1) is 0 Å². The molecule has 2 aromatic rings. The Morgan fingerprint density at radius 1 is 1.05 bits per heavy atom. The van der Waals surface area contributed by atoms with E-state index in [9.17, 15) is 2.63 Å². The van der Waals surface area contributed by atoms with E-state index in [0.29, 0.717) is 5.02 Å². The fourth-order valence-electron chi connectivity index (χ4n) is 1.89. The minimum atomic E-state index is -3.33. The summed E-state index contributed by atoms with van der Waals surface area (Å²) in [6, 6.07) is 15.0. The molecule has 100 valence electrons. The molecule has 0 aliphatic heterocycles. The quantitative estimate of drug-likeness (QED) is 0.617. The van der Waals surface area contributed by atoms with E-state index in [-0.39, 0.29) is 0 Å². The maximum absolute atomic E-state index is 14.9. The molecule has 1 nitrogen and oxygen atoms in total. The first kappa shape index (κ1) is 14.9. The first-order valence-corrected chi connectivity index (χ1v) is 11.2. The molecule has 0 radical (unpaired) electrons. The van der Waals surface area contributed by atoms with Crippen LogP contribution in [0.15, 0.2) is 48.5 Å². The fraction of sp³-hybridized carbons (Fsp3) is 0.200. The second-order valence-corrected chi connectivity index (χ2v) is 11.1. The van der Waals surface area contributed by atoms with E-state index in [1.165, 1.54) is 0 Å². The molecule has 0 atom stereocenters. The minimum absolute atomic E-state index is 0.655. The van der Waals surface area contributed by atoms with Crippen molar-refractivity contribution in [3.63, 3.8) is 0 Å². The number of benzene rings is 2. The molecule has 0 aliphatic rings. The summed E-state index contributed by atoms with van der Waals surface area (Å²) in [7, 11) is 4.00. The van der Waals surface area contributed by atoms with Crippen molar-refractivity contribution in [1.82, 2.24) is 4.90 Å². The molecule has 0 spiro atoms. The molecule has 0 aliphatic carbocycles. The monoisotopic (exact) mass is 473 g/mol. The number of nitrogens with zero attached hydrogens (tertiary/aromatic N) is 1. The Morgan fingerprint density at radius 3 is 2.32 bits per heavy atom. The van der Waals surface area contributed by atoms with Gasteiger partial charge in [0.25, 0.3) is 0 Å². The van der Waals surface area contributed by atoms with Crippen LogP contribution in [-0.2, 0) is 6.54 Å². The Kier molecular flexibility index (Phi) is 5.32. The maximum atomic E-state index is 14.9. The number of rotatable bonds is 4. The summed E-state index contributed by atoms with van der Waals surface area (Å²) >= 11 is 2.53. The summed E-state index contributed by atoms with van der Waals surface area (Å²) in [6.45, 7) is 0.777. The average Bonchev–Trinajstić information content (AvgIpc) is 2.39. The van der Waals surface area contributed by atoms with Gasteiger partial charge in [0.1, 0.15) is 0 Å². The van der Waals surface area contributed by atoms with Crippen LogP contribution >= 0.6 is 11.6 Å². The van der Waals surface area contributed by atoms with Gasteiger partial charge in [-0.2, -0.15) is 0 Å². The molecule has 0 heterocycles. The second-order valence-electron chi connectivity index (χ2n) is 4.62. The molecule has 0 saturated heterocycles. The zero-order valence-corrected chi connectivity index (χ0v) is 15.2. The molecule has 0 saturated carbocycles. The number of hydrogen-bond donors (Lipinski definition) is 0. The molecular weight excluding hydrogens is 458 g/mol. The van der Waals surface area contributed by atoms with Gasteiger partial charge in [-0.3, -0.25) is 0 Å². The summed E-state index contributed by atoms with van der Waals surface area (Å²) < 4.78 is 16.6. The first-order valence-electron chi connectivity index (χ1n) is 6.02. The Balaban J connectivity index is 2.32. The van der Waals surface area contributed by atoms with E-state index in [2.05, 4.69) is 4.90 Å². The third-order valence-electron chi connectivity index (χ3n) is 2.74. The van der Waals surface area contributed by atoms with Crippen LogP contribution in [0.25, 0.3) is 0 Å². The van der Waals surface area contributed by atoms with Crippen LogP contribution in [0.1, 0.15) is 5.56 Å². The van der Waals surface area contributed by atoms with Crippen molar-refractivity contribution >= 4 is 40.5 Å². The van der Waals surface area contributed by atoms with Gasteiger partial charge in [0.2, 0.25) is 0 Å². The standard InChI is InChI=1S/C9H12N.C6H4Cl.Bi.FH/c1-10(2)8-9-6-4-3-5-7-9;7-6-4-2-1-3-5-6;;/h3-6H,8H2,1-2H3;2-5H;;1H/q;;+1;/p-1. The van der Waals surface area contributed by atoms with Crippen molar-refractivity contribution in [3.8, 4) is 0 Å². The molecular formula is C15H16BiClFN. The molecule has 4 heteroatoms.